The molecule has 1 N–H and O–H groups in total. The molecule has 0 aromatic heterocycles. The monoisotopic (exact) mass is 336 g/mol. The summed E-state index contributed by atoms with van der Waals surface area (Å²) in [5.74, 6) is 1.51. The Hall–Kier alpha value is -1.52. The van der Waals surface area contributed by atoms with Gasteiger partial charge in [-0.25, -0.2) is 0 Å². The van der Waals surface area contributed by atoms with Gasteiger partial charge in [0.05, 0.1) is 6.10 Å². The summed E-state index contributed by atoms with van der Waals surface area (Å²) in [5.41, 5.74) is 1.13. The molecule has 0 saturated carbocycles. The zero-order valence-electron chi connectivity index (χ0n) is 11.0. The zero-order valence-corrected chi connectivity index (χ0v) is 12.6. The molecule has 2 rings (SSSR count). The van der Waals surface area contributed by atoms with Crippen molar-refractivity contribution in [2.75, 3.05) is 11.9 Å². The van der Waals surface area contributed by atoms with E-state index in [1.165, 1.54) is 0 Å². The van der Waals surface area contributed by atoms with Crippen LogP contribution in [0.15, 0.2) is 54.6 Å². The first-order chi connectivity index (χ1) is 9.78. The van der Waals surface area contributed by atoms with Crippen molar-refractivity contribution in [1.29, 1.82) is 0 Å². The fourth-order valence-electron chi connectivity index (χ4n) is 1.61. The van der Waals surface area contributed by atoms with Crippen molar-refractivity contribution in [2.45, 2.75) is 12.7 Å². The average Bonchev–Trinajstić information content (AvgIpc) is 2.52. The van der Waals surface area contributed by atoms with Crippen molar-refractivity contribution in [2.24, 2.45) is 0 Å². The van der Waals surface area contributed by atoms with Crippen molar-refractivity contribution in [3.63, 3.8) is 0 Å². The minimum absolute atomic E-state index is 0.273. The van der Waals surface area contributed by atoms with Crippen LogP contribution in [-0.2, 0) is 6.61 Å². The number of halogens is 1. The highest BCUT2D eigenvalue weighted by Crippen LogP contribution is 2.19. The van der Waals surface area contributed by atoms with Gasteiger partial charge in [-0.2, -0.15) is 0 Å². The van der Waals surface area contributed by atoms with E-state index in [4.69, 9.17) is 9.47 Å². The third-order valence-corrected chi connectivity index (χ3v) is 3.44. The van der Waals surface area contributed by atoms with Crippen LogP contribution in [0, 0.1) is 0 Å². The second kappa shape index (κ2) is 7.92. The molecule has 1 unspecified atom stereocenters. The quantitative estimate of drug-likeness (QED) is 0.787. The molecule has 0 aliphatic carbocycles. The maximum atomic E-state index is 9.39. The summed E-state index contributed by atoms with van der Waals surface area (Å²) in [6.45, 7) is 0.818. The molecule has 0 amide bonds. The van der Waals surface area contributed by atoms with Crippen molar-refractivity contribution in [3.05, 3.63) is 60.2 Å². The van der Waals surface area contributed by atoms with Crippen LogP contribution in [0.2, 0.25) is 0 Å². The van der Waals surface area contributed by atoms with E-state index in [1.54, 1.807) is 0 Å². The summed E-state index contributed by atoms with van der Waals surface area (Å²) in [6, 6.07) is 17.4. The van der Waals surface area contributed by atoms with E-state index in [9.17, 15) is 5.11 Å². The molecule has 2 aromatic carbocycles. The van der Waals surface area contributed by atoms with Gasteiger partial charge in [0.15, 0.2) is 0 Å². The lowest BCUT2D eigenvalue weighted by atomic mass is 10.2. The van der Waals surface area contributed by atoms with Gasteiger partial charge in [0, 0.05) is 5.33 Å². The molecule has 0 fully saturated rings. The summed E-state index contributed by atoms with van der Waals surface area (Å²) in [4.78, 5) is 0. The van der Waals surface area contributed by atoms with E-state index in [0.29, 0.717) is 11.9 Å². The highest BCUT2D eigenvalue weighted by Gasteiger charge is 2.03. The predicted octanol–water partition coefficient (Wildman–Crippen LogP) is 3.40. The number of hydrogen-bond donors (Lipinski definition) is 1. The van der Waals surface area contributed by atoms with Gasteiger partial charge in [-0.15, -0.1) is 0 Å². The molecule has 2 aromatic rings. The summed E-state index contributed by atoms with van der Waals surface area (Å²) < 4.78 is 11.1. The van der Waals surface area contributed by atoms with E-state index >= 15 is 0 Å². The minimum atomic E-state index is -0.496. The van der Waals surface area contributed by atoms with Crippen molar-refractivity contribution < 1.29 is 14.6 Å². The third kappa shape index (κ3) is 4.87. The van der Waals surface area contributed by atoms with Gasteiger partial charge < -0.3 is 14.6 Å². The molecule has 0 aliphatic heterocycles. The smallest absolute Gasteiger partial charge is 0.120 e. The highest BCUT2D eigenvalue weighted by molar-refractivity contribution is 9.09. The third-order valence-electron chi connectivity index (χ3n) is 2.69. The fourth-order valence-corrected chi connectivity index (χ4v) is 1.80. The number of benzene rings is 2. The number of hydrogen-bond acceptors (Lipinski definition) is 3. The van der Waals surface area contributed by atoms with Gasteiger partial charge in [-0.1, -0.05) is 46.3 Å². The number of alkyl halides is 1. The second-order valence-electron chi connectivity index (χ2n) is 4.36. The first-order valence-electron chi connectivity index (χ1n) is 6.41. The van der Waals surface area contributed by atoms with Crippen LogP contribution >= 0.6 is 15.9 Å². The van der Waals surface area contributed by atoms with Crippen LogP contribution in [-0.4, -0.2) is 23.1 Å². The van der Waals surface area contributed by atoms with Gasteiger partial charge >= 0.3 is 0 Å². The first kappa shape index (κ1) is 14.9. The van der Waals surface area contributed by atoms with Gasteiger partial charge in [-0.05, 0) is 29.8 Å². The van der Waals surface area contributed by atoms with Crippen LogP contribution in [0.5, 0.6) is 11.5 Å². The van der Waals surface area contributed by atoms with E-state index in [1.807, 2.05) is 54.6 Å². The van der Waals surface area contributed by atoms with Crippen LogP contribution in [0.1, 0.15) is 5.56 Å². The molecule has 0 spiro atoms. The molecule has 0 aliphatic rings. The lowest BCUT2D eigenvalue weighted by Crippen LogP contribution is -2.18. The molecular weight excluding hydrogens is 320 g/mol. The maximum absolute atomic E-state index is 9.39. The molecule has 4 heteroatoms. The number of ether oxygens (including phenoxy) is 2. The van der Waals surface area contributed by atoms with Crippen LogP contribution < -0.4 is 9.47 Å². The molecule has 3 nitrogen and oxygen atoms in total. The Kier molecular flexibility index (Phi) is 5.89. The van der Waals surface area contributed by atoms with Gasteiger partial charge in [0.2, 0.25) is 0 Å². The topological polar surface area (TPSA) is 38.7 Å². The lowest BCUT2D eigenvalue weighted by molar-refractivity contribution is 0.127. The highest BCUT2D eigenvalue weighted by atomic mass is 79.9. The Balaban J connectivity index is 1.82. The Labute approximate surface area is 127 Å². The Morgan fingerprint density at radius 2 is 1.50 bits per heavy atom. The SMILES string of the molecule is OC(CBr)COc1ccc(OCc2ccccc2)cc1. The number of aliphatic hydroxyl groups excluding tert-OH is 1. The zero-order chi connectivity index (χ0) is 14.2. The number of rotatable bonds is 7. The molecule has 0 saturated heterocycles. The van der Waals surface area contributed by atoms with E-state index < -0.39 is 6.10 Å². The molecule has 0 bridgehead atoms. The maximum Gasteiger partial charge on any atom is 0.120 e. The van der Waals surface area contributed by atoms with Gasteiger partial charge in [0.1, 0.15) is 24.7 Å². The Morgan fingerprint density at radius 3 is 2.10 bits per heavy atom. The van der Waals surface area contributed by atoms with Crippen LogP contribution in [0.25, 0.3) is 0 Å². The van der Waals surface area contributed by atoms with Crippen LogP contribution in [0.4, 0.5) is 0 Å². The second-order valence-corrected chi connectivity index (χ2v) is 5.01. The molecule has 1 atom stereocenters. The Morgan fingerprint density at radius 1 is 0.900 bits per heavy atom. The standard InChI is InChI=1S/C16H17BrO3/c17-10-14(18)12-20-16-8-6-15(7-9-16)19-11-13-4-2-1-3-5-13/h1-9,14,18H,10-12H2. The molecular formula is C16H17BrO3. The summed E-state index contributed by atoms with van der Waals surface area (Å²) in [5, 5.41) is 9.89. The molecule has 106 valence electrons. The van der Waals surface area contributed by atoms with E-state index in [-0.39, 0.29) is 6.61 Å². The average molecular weight is 337 g/mol. The van der Waals surface area contributed by atoms with E-state index in [0.717, 1.165) is 17.1 Å². The molecule has 0 heterocycles. The first-order valence-corrected chi connectivity index (χ1v) is 7.53. The molecule has 20 heavy (non-hydrogen) atoms. The van der Waals surface area contributed by atoms with E-state index in [2.05, 4.69) is 15.9 Å². The van der Waals surface area contributed by atoms with Gasteiger partial charge in [0.25, 0.3) is 0 Å². The van der Waals surface area contributed by atoms with Crippen molar-refractivity contribution >= 4 is 15.9 Å². The molecule has 0 radical (unpaired) electrons. The fraction of sp³-hybridized carbons (Fsp3) is 0.250. The van der Waals surface area contributed by atoms with Crippen molar-refractivity contribution in [1.82, 2.24) is 0 Å². The summed E-state index contributed by atoms with van der Waals surface area (Å²) in [7, 11) is 0. The van der Waals surface area contributed by atoms with Crippen LogP contribution in [0.3, 0.4) is 0 Å². The number of aliphatic hydroxyl groups is 1. The minimum Gasteiger partial charge on any atom is -0.491 e. The largest absolute Gasteiger partial charge is 0.491 e. The summed E-state index contributed by atoms with van der Waals surface area (Å²) >= 11 is 3.19. The van der Waals surface area contributed by atoms with Gasteiger partial charge in [-0.3, -0.25) is 0 Å². The Bertz CT molecular complexity index is 499. The predicted molar refractivity (Wildman–Crippen MR) is 82.5 cm³/mol. The van der Waals surface area contributed by atoms with Crippen molar-refractivity contribution in [3.8, 4) is 11.5 Å². The normalized spacial score (nSPS) is 11.9. The summed E-state index contributed by atoms with van der Waals surface area (Å²) in [6.07, 6.45) is -0.496. The lowest BCUT2D eigenvalue weighted by Gasteiger charge is -2.11.